The number of carbonyl (C=O) groups excluding carboxylic acids is 3. The van der Waals surface area contributed by atoms with E-state index in [0.717, 1.165) is 5.56 Å². The van der Waals surface area contributed by atoms with Crippen molar-refractivity contribution >= 4 is 35.4 Å². The molecule has 0 spiro atoms. The molecule has 11 heteroatoms. The molecule has 0 aliphatic carbocycles. The summed E-state index contributed by atoms with van der Waals surface area (Å²) >= 11 is 6.25. The number of carboxylic acids is 1. The molecule has 1 aliphatic heterocycles. The van der Waals surface area contributed by atoms with Gasteiger partial charge in [-0.3, -0.25) is 14.4 Å². The zero-order valence-corrected chi connectivity index (χ0v) is 21.8. The Labute approximate surface area is 226 Å². The summed E-state index contributed by atoms with van der Waals surface area (Å²) < 4.78 is 0. The number of aliphatic carboxylic acids is 1. The van der Waals surface area contributed by atoms with Crippen LogP contribution in [0.3, 0.4) is 0 Å². The highest BCUT2D eigenvalue weighted by molar-refractivity contribution is 6.31. The average Bonchev–Trinajstić information content (AvgIpc) is 2.90. The van der Waals surface area contributed by atoms with E-state index in [1.807, 2.05) is 30.3 Å². The van der Waals surface area contributed by atoms with Crippen molar-refractivity contribution in [2.24, 2.45) is 0 Å². The summed E-state index contributed by atoms with van der Waals surface area (Å²) in [4.78, 5) is 53.9. The van der Waals surface area contributed by atoms with Crippen molar-refractivity contribution in [3.05, 3.63) is 70.7 Å². The van der Waals surface area contributed by atoms with Crippen LogP contribution in [0.5, 0.6) is 0 Å². The summed E-state index contributed by atoms with van der Waals surface area (Å²) in [5.74, 6) is 0.433. The van der Waals surface area contributed by atoms with Gasteiger partial charge in [-0.2, -0.15) is 5.01 Å². The number of urea groups is 1. The van der Waals surface area contributed by atoms with Crippen LogP contribution < -0.4 is 5.32 Å². The van der Waals surface area contributed by atoms with Crippen LogP contribution in [0.15, 0.2) is 54.6 Å². The van der Waals surface area contributed by atoms with E-state index >= 15 is 0 Å². The van der Waals surface area contributed by atoms with Gasteiger partial charge in [0.15, 0.2) is 0 Å². The maximum atomic E-state index is 13.5. The standard InChI is InChI=1S/C27H30ClN5O5/c1-3-15-31-18-24(34)32(19-33(31)27(38)29-16-20-9-5-4-6-10-20)23(13-14-25(35)36)26(37)30(2)17-21-11-7-8-12-22(21)28/h1,4-12,23H,13-19H2,2H3,(H,29,38)(H,35,36). The molecule has 1 fully saturated rings. The number of amides is 4. The summed E-state index contributed by atoms with van der Waals surface area (Å²) in [7, 11) is 1.56. The first-order chi connectivity index (χ1) is 18.2. The molecule has 1 aliphatic rings. The molecule has 10 nitrogen and oxygen atoms in total. The topological polar surface area (TPSA) is 114 Å². The van der Waals surface area contributed by atoms with Gasteiger partial charge in [-0.05, 0) is 23.6 Å². The van der Waals surface area contributed by atoms with Crippen LogP contribution in [-0.2, 0) is 27.5 Å². The van der Waals surface area contributed by atoms with Gasteiger partial charge in [0.1, 0.15) is 12.7 Å². The van der Waals surface area contributed by atoms with Gasteiger partial charge < -0.3 is 20.2 Å². The Hall–Kier alpha value is -4.07. The lowest BCUT2D eigenvalue weighted by molar-refractivity contribution is -0.163. The Morgan fingerprint density at radius 1 is 1.16 bits per heavy atom. The lowest BCUT2D eigenvalue weighted by Gasteiger charge is -2.45. The number of hydrazine groups is 1. The zero-order valence-electron chi connectivity index (χ0n) is 21.0. The highest BCUT2D eigenvalue weighted by Gasteiger charge is 2.40. The second-order valence-electron chi connectivity index (χ2n) is 8.81. The predicted octanol–water partition coefficient (Wildman–Crippen LogP) is 2.39. The van der Waals surface area contributed by atoms with Crippen molar-refractivity contribution in [1.82, 2.24) is 25.1 Å². The molecule has 4 amide bonds. The van der Waals surface area contributed by atoms with Gasteiger partial charge in [-0.25, -0.2) is 9.80 Å². The van der Waals surface area contributed by atoms with Crippen molar-refractivity contribution < 1.29 is 24.3 Å². The quantitative estimate of drug-likeness (QED) is 0.448. The molecule has 1 atom stereocenters. The minimum absolute atomic E-state index is 0.00150. The number of halogens is 1. The lowest BCUT2D eigenvalue weighted by atomic mass is 10.1. The van der Waals surface area contributed by atoms with Crippen LogP contribution in [-0.4, -0.2) is 81.6 Å². The minimum atomic E-state index is -1.11. The average molecular weight is 540 g/mol. The van der Waals surface area contributed by atoms with E-state index in [2.05, 4.69) is 11.2 Å². The molecular weight excluding hydrogens is 510 g/mol. The maximum absolute atomic E-state index is 13.5. The van der Waals surface area contributed by atoms with Gasteiger partial charge in [-0.15, -0.1) is 6.42 Å². The third-order valence-corrected chi connectivity index (χ3v) is 6.46. The third kappa shape index (κ3) is 7.47. The first-order valence-electron chi connectivity index (χ1n) is 12.0. The van der Waals surface area contributed by atoms with Crippen molar-refractivity contribution in [3.8, 4) is 12.3 Å². The number of benzene rings is 2. The molecule has 38 heavy (non-hydrogen) atoms. The smallest absolute Gasteiger partial charge is 0.333 e. The number of nitrogens with zero attached hydrogens (tertiary/aromatic N) is 4. The normalized spacial score (nSPS) is 14.5. The van der Waals surface area contributed by atoms with Crippen LogP contribution in [0.2, 0.25) is 5.02 Å². The number of carbonyl (C=O) groups is 4. The molecule has 0 radical (unpaired) electrons. The van der Waals surface area contributed by atoms with Crippen molar-refractivity contribution in [3.63, 3.8) is 0 Å². The first-order valence-corrected chi connectivity index (χ1v) is 12.4. The van der Waals surface area contributed by atoms with E-state index in [-0.39, 0.29) is 45.7 Å². The molecular formula is C27H30ClN5O5. The molecule has 2 aromatic carbocycles. The number of likely N-dealkylation sites (N-methyl/N-ethyl adjacent to an activating group) is 1. The molecule has 3 rings (SSSR count). The van der Waals surface area contributed by atoms with Crippen LogP contribution in [0.25, 0.3) is 0 Å². The second-order valence-corrected chi connectivity index (χ2v) is 9.22. The predicted molar refractivity (Wildman–Crippen MR) is 141 cm³/mol. The van der Waals surface area contributed by atoms with Crippen LogP contribution in [0, 0.1) is 12.3 Å². The van der Waals surface area contributed by atoms with Crippen LogP contribution >= 0.6 is 11.6 Å². The van der Waals surface area contributed by atoms with Gasteiger partial charge in [0.05, 0.1) is 13.1 Å². The molecule has 1 heterocycles. The molecule has 1 saturated heterocycles. The maximum Gasteiger partial charge on any atom is 0.333 e. The fourth-order valence-electron chi connectivity index (χ4n) is 4.11. The van der Waals surface area contributed by atoms with E-state index in [4.69, 9.17) is 18.0 Å². The fraction of sp³-hybridized carbons (Fsp3) is 0.333. The monoisotopic (exact) mass is 539 g/mol. The highest BCUT2D eigenvalue weighted by atomic mass is 35.5. The van der Waals surface area contributed by atoms with E-state index < -0.39 is 29.9 Å². The number of rotatable bonds is 10. The molecule has 2 aromatic rings. The SMILES string of the molecule is C#CCN1CC(=O)N(C(CCC(=O)O)C(=O)N(C)Cc2ccccc2Cl)CN1C(=O)NCc1ccccc1. The Morgan fingerprint density at radius 2 is 1.84 bits per heavy atom. The Kier molecular flexibility index (Phi) is 10.1. The number of nitrogens with one attached hydrogen (secondary N) is 1. The third-order valence-electron chi connectivity index (χ3n) is 6.10. The van der Waals surface area contributed by atoms with Gasteiger partial charge in [-0.1, -0.05) is 66.1 Å². The number of hydrogen-bond acceptors (Lipinski definition) is 5. The van der Waals surface area contributed by atoms with Crippen LogP contribution in [0.1, 0.15) is 24.0 Å². The van der Waals surface area contributed by atoms with E-state index in [1.165, 1.54) is 19.8 Å². The number of carboxylic acid groups (broad SMARTS) is 1. The van der Waals surface area contributed by atoms with Crippen molar-refractivity contribution in [2.45, 2.75) is 32.0 Å². The molecule has 0 saturated carbocycles. The van der Waals surface area contributed by atoms with E-state index in [9.17, 15) is 24.3 Å². The van der Waals surface area contributed by atoms with Crippen molar-refractivity contribution in [2.75, 3.05) is 26.8 Å². The Bertz CT molecular complexity index is 1200. The minimum Gasteiger partial charge on any atom is -0.481 e. The summed E-state index contributed by atoms with van der Waals surface area (Å²) in [6.07, 6.45) is 5.01. The Morgan fingerprint density at radius 3 is 2.50 bits per heavy atom. The summed E-state index contributed by atoms with van der Waals surface area (Å²) in [5.41, 5.74) is 1.58. The van der Waals surface area contributed by atoms with Gasteiger partial charge >= 0.3 is 12.0 Å². The summed E-state index contributed by atoms with van der Waals surface area (Å²) in [6, 6.07) is 14.7. The van der Waals surface area contributed by atoms with Gasteiger partial charge in [0.2, 0.25) is 11.8 Å². The number of terminal acetylenes is 1. The van der Waals surface area contributed by atoms with Gasteiger partial charge in [0.25, 0.3) is 0 Å². The van der Waals surface area contributed by atoms with E-state index in [1.54, 1.807) is 31.3 Å². The fourth-order valence-corrected chi connectivity index (χ4v) is 4.30. The second kappa shape index (κ2) is 13.5. The largest absolute Gasteiger partial charge is 0.481 e. The number of hydrogen-bond donors (Lipinski definition) is 2. The Balaban J connectivity index is 1.81. The zero-order chi connectivity index (χ0) is 27.7. The molecule has 200 valence electrons. The molecule has 0 aromatic heterocycles. The summed E-state index contributed by atoms with van der Waals surface area (Å²) in [5, 5.41) is 15.3. The summed E-state index contributed by atoms with van der Waals surface area (Å²) in [6.45, 7) is -0.103. The van der Waals surface area contributed by atoms with Crippen molar-refractivity contribution in [1.29, 1.82) is 0 Å². The molecule has 1 unspecified atom stereocenters. The molecule has 0 bridgehead atoms. The lowest BCUT2D eigenvalue weighted by Crippen LogP contribution is -2.66. The van der Waals surface area contributed by atoms with E-state index in [0.29, 0.717) is 10.6 Å². The molecule has 2 N–H and O–H groups in total. The van der Waals surface area contributed by atoms with Crippen LogP contribution in [0.4, 0.5) is 4.79 Å². The highest BCUT2D eigenvalue weighted by Crippen LogP contribution is 2.21. The van der Waals surface area contributed by atoms with Gasteiger partial charge in [0, 0.05) is 31.6 Å². The first kappa shape index (κ1) is 28.5.